The van der Waals surface area contributed by atoms with E-state index in [1.807, 2.05) is 29.0 Å². The van der Waals surface area contributed by atoms with Crippen molar-refractivity contribution in [3.63, 3.8) is 0 Å². The van der Waals surface area contributed by atoms with Gasteiger partial charge >= 0.3 is 0 Å². The monoisotopic (exact) mass is 425 g/mol. The number of nitrogens with zero attached hydrogens (tertiary/aromatic N) is 1. The number of hydrogen-bond donors (Lipinski definition) is 2. The molecule has 1 aliphatic rings. The Morgan fingerprint density at radius 3 is 2.17 bits per heavy atom. The number of carbonyl (C=O) groups excluding carboxylic acids is 2. The van der Waals surface area contributed by atoms with Crippen molar-refractivity contribution >= 4 is 33.2 Å². The van der Waals surface area contributed by atoms with E-state index in [1.54, 1.807) is 0 Å². The van der Waals surface area contributed by atoms with Crippen LogP contribution in [0, 0.1) is 0 Å². The van der Waals surface area contributed by atoms with Gasteiger partial charge in [-0.1, -0.05) is 0 Å². The number of hydrogen-bond acceptors (Lipinski definition) is 6. The van der Waals surface area contributed by atoms with E-state index in [0.717, 1.165) is 18.8 Å². The van der Waals surface area contributed by atoms with E-state index in [0.29, 0.717) is 5.69 Å². The van der Waals surface area contributed by atoms with Crippen molar-refractivity contribution in [2.24, 2.45) is 0 Å². The molecule has 0 saturated carbocycles. The van der Waals surface area contributed by atoms with Crippen LogP contribution < -0.4 is 14.9 Å². The van der Waals surface area contributed by atoms with Crippen molar-refractivity contribution < 1.29 is 22.7 Å². The molecule has 2 amide bonds. The predicted octanol–water partition coefficient (Wildman–Crippen LogP) is 2.26. The Morgan fingerprint density at radius 1 is 1.07 bits per heavy atom. The van der Waals surface area contributed by atoms with Crippen molar-refractivity contribution in [1.29, 1.82) is 0 Å². The van der Waals surface area contributed by atoms with Gasteiger partial charge in [0, 0.05) is 37.3 Å². The third-order valence-corrected chi connectivity index (χ3v) is 6.37. The highest BCUT2D eigenvalue weighted by molar-refractivity contribution is 7.90. The van der Waals surface area contributed by atoms with Gasteiger partial charge in [0.15, 0.2) is 0 Å². The molecule has 0 aliphatic carbocycles. The molecular weight excluding hydrogens is 394 g/mol. The van der Waals surface area contributed by atoms with E-state index in [9.17, 15) is 18.0 Å². The van der Waals surface area contributed by atoms with Gasteiger partial charge in [-0.15, -0.1) is 0 Å². The number of rotatable bonds is 8. The standard InChI is InChI=1S/C20H31N3O5S/c1-14(2)29(26,27)22-20(25)7-5-6-19(24)21-17-8-10-18(11-9-17)23-12-15(3)28-16(4)13-23/h8-11,14-16H,5-7,12-13H2,1-4H3,(H,21,24)(H,22,25)/t15-,16+. The Hall–Kier alpha value is -2.13. The average molecular weight is 426 g/mol. The molecule has 0 unspecified atom stereocenters. The number of nitrogens with one attached hydrogen (secondary N) is 2. The second-order valence-electron chi connectivity index (χ2n) is 7.73. The lowest BCUT2D eigenvalue weighted by molar-refractivity contribution is -0.119. The topological polar surface area (TPSA) is 105 Å². The zero-order valence-corrected chi connectivity index (χ0v) is 18.3. The Morgan fingerprint density at radius 2 is 1.62 bits per heavy atom. The summed E-state index contributed by atoms with van der Waals surface area (Å²) < 4.78 is 31.0. The summed E-state index contributed by atoms with van der Waals surface area (Å²) in [6, 6.07) is 7.62. The summed E-state index contributed by atoms with van der Waals surface area (Å²) in [5, 5.41) is 2.12. The van der Waals surface area contributed by atoms with Crippen LogP contribution in [0.2, 0.25) is 0 Å². The van der Waals surface area contributed by atoms with Crippen molar-refractivity contribution in [2.45, 2.75) is 64.4 Å². The smallest absolute Gasteiger partial charge is 0.237 e. The van der Waals surface area contributed by atoms with Gasteiger partial charge in [0.25, 0.3) is 0 Å². The van der Waals surface area contributed by atoms with Gasteiger partial charge in [-0.2, -0.15) is 0 Å². The number of amides is 2. The fourth-order valence-corrected chi connectivity index (χ4v) is 3.76. The maximum absolute atomic E-state index is 12.1. The molecule has 9 heteroatoms. The van der Waals surface area contributed by atoms with Crippen molar-refractivity contribution in [3.05, 3.63) is 24.3 Å². The van der Waals surface area contributed by atoms with Crippen LogP contribution in [0.4, 0.5) is 11.4 Å². The number of morpholine rings is 1. The highest BCUT2D eigenvalue weighted by Gasteiger charge is 2.22. The van der Waals surface area contributed by atoms with Gasteiger partial charge in [0.1, 0.15) is 0 Å². The molecule has 1 fully saturated rings. The minimum atomic E-state index is -3.63. The molecule has 29 heavy (non-hydrogen) atoms. The second kappa shape index (κ2) is 10.1. The van der Waals surface area contributed by atoms with E-state index in [-0.39, 0.29) is 37.4 Å². The highest BCUT2D eigenvalue weighted by atomic mass is 32.2. The molecule has 162 valence electrons. The maximum atomic E-state index is 12.1. The third kappa shape index (κ3) is 7.32. The lowest BCUT2D eigenvalue weighted by Gasteiger charge is -2.36. The molecule has 0 spiro atoms. The lowest BCUT2D eigenvalue weighted by atomic mass is 10.2. The van der Waals surface area contributed by atoms with Gasteiger partial charge in [0.2, 0.25) is 21.8 Å². The Bertz CT molecular complexity index is 798. The number of carbonyl (C=O) groups is 2. The van der Waals surface area contributed by atoms with E-state index in [4.69, 9.17) is 4.74 Å². The van der Waals surface area contributed by atoms with Gasteiger partial charge in [0.05, 0.1) is 17.5 Å². The second-order valence-corrected chi connectivity index (χ2v) is 9.97. The van der Waals surface area contributed by atoms with Crippen LogP contribution in [0.25, 0.3) is 0 Å². The Labute approximate surface area is 173 Å². The molecule has 1 aliphatic heterocycles. The zero-order chi connectivity index (χ0) is 21.6. The van der Waals surface area contributed by atoms with Crippen LogP contribution in [-0.2, 0) is 24.3 Å². The Kier molecular flexibility index (Phi) is 8.04. The molecule has 2 atom stereocenters. The van der Waals surface area contributed by atoms with Gasteiger partial charge in [-0.05, 0) is 58.4 Å². The summed E-state index contributed by atoms with van der Waals surface area (Å²) in [6.07, 6.45) is 0.727. The summed E-state index contributed by atoms with van der Waals surface area (Å²) in [4.78, 5) is 26.0. The predicted molar refractivity (Wildman–Crippen MR) is 113 cm³/mol. The summed E-state index contributed by atoms with van der Waals surface area (Å²) in [7, 11) is -3.63. The van der Waals surface area contributed by atoms with Gasteiger partial charge in [-0.25, -0.2) is 8.42 Å². The highest BCUT2D eigenvalue weighted by Crippen LogP contribution is 2.22. The van der Waals surface area contributed by atoms with Gasteiger partial charge < -0.3 is 15.0 Å². The van der Waals surface area contributed by atoms with Crippen LogP contribution in [-0.4, -0.2) is 50.8 Å². The van der Waals surface area contributed by atoms with E-state index < -0.39 is 21.2 Å². The SMILES string of the molecule is CC(C)S(=O)(=O)NC(=O)CCCC(=O)Nc1ccc(N2C[C@@H](C)O[C@@H](C)C2)cc1. The fraction of sp³-hybridized carbons (Fsp3) is 0.600. The first-order valence-corrected chi connectivity index (χ1v) is 11.5. The lowest BCUT2D eigenvalue weighted by Crippen LogP contribution is -2.45. The van der Waals surface area contributed by atoms with Crippen LogP contribution in [0.1, 0.15) is 47.0 Å². The van der Waals surface area contributed by atoms with E-state index >= 15 is 0 Å². The molecule has 0 bridgehead atoms. The van der Waals surface area contributed by atoms with Crippen molar-refractivity contribution in [1.82, 2.24) is 4.72 Å². The molecule has 2 rings (SSSR count). The summed E-state index contributed by atoms with van der Waals surface area (Å²) in [5.74, 6) is -0.810. The number of sulfonamides is 1. The molecular formula is C20H31N3O5S. The molecule has 1 aromatic carbocycles. The first kappa shape index (κ1) is 23.2. The van der Waals surface area contributed by atoms with Crippen molar-refractivity contribution in [2.75, 3.05) is 23.3 Å². The number of benzene rings is 1. The van der Waals surface area contributed by atoms with Crippen LogP contribution in [0.3, 0.4) is 0 Å². The molecule has 1 heterocycles. The molecule has 0 radical (unpaired) electrons. The summed E-state index contributed by atoms with van der Waals surface area (Å²) >= 11 is 0. The average Bonchev–Trinajstić information content (AvgIpc) is 2.61. The zero-order valence-electron chi connectivity index (χ0n) is 17.5. The molecule has 1 saturated heterocycles. The van der Waals surface area contributed by atoms with Crippen LogP contribution >= 0.6 is 0 Å². The number of anilines is 2. The maximum Gasteiger partial charge on any atom is 0.237 e. The fourth-order valence-electron chi connectivity index (χ4n) is 3.10. The van der Waals surface area contributed by atoms with Gasteiger partial charge in [-0.3, -0.25) is 14.3 Å². The first-order valence-electron chi connectivity index (χ1n) is 9.91. The molecule has 2 N–H and O–H groups in total. The number of ether oxygens (including phenoxy) is 1. The normalized spacial score (nSPS) is 19.8. The minimum Gasteiger partial charge on any atom is -0.372 e. The summed E-state index contributed by atoms with van der Waals surface area (Å²) in [5.41, 5.74) is 1.76. The summed E-state index contributed by atoms with van der Waals surface area (Å²) in [6.45, 7) is 8.74. The third-order valence-electron chi connectivity index (χ3n) is 4.62. The largest absolute Gasteiger partial charge is 0.372 e. The van der Waals surface area contributed by atoms with E-state index in [2.05, 4.69) is 24.1 Å². The van der Waals surface area contributed by atoms with Crippen LogP contribution in [0.15, 0.2) is 24.3 Å². The van der Waals surface area contributed by atoms with Crippen molar-refractivity contribution in [3.8, 4) is 0 Å². The molecule has 0 aromatic heterocycles. The molecule has 8 nitrogen and oxygen atoms in total. The van der Waals surface area contributed by atoms with E-state index in [1.165, 1.54) is 13.8 Å². The molecule has 1 aromatic rings. The quantitative estimate of drug-likeness (QED) is 0.662. The first-order chi connectivity index (χ1) is 13.6. The van der Waals surface area contributed by atoms with Crippen LogP contribution in [0.5, 0.6) is 0 Å². The Balaban J connectivity index is 1.77. The minimum absolute atomic E-state index is 0.0221.